The van der Waals surface area contributed by atoms with E-state index < -0.39 is 10.8 Å². The highest BCUT2D eigenvalue weighted by Crippen LogP contribution is 2.30. The lowest BCUT2D eigenvalue weighted by atomic mass is 10.1. The number of hydrogen-bond donors (Lipinski definition) is 2. The van der Waals surface area contributed by atoms with E-state index in [1.807, 2.05) is 34.1 Å². The second kappa shape index (κ2) is 14.0. The predicted octanol–water partition coefficient (Wildman–Crippen LogP) is 3.65. The van der Waals surface area contributed by atoms with Crippen LogP contribution < -0.4 is 20.4 Å². The Labute approximate surface area is 245 Å². The number of rotatable bonds is 8. The molecule has 12 heteroatoms. The number of nitrogens with one attached hydrogen (secondary N) is 2. The minimum atomic E-state index is -0.455. The molecule has 2 heterocycles. The zero-order chi connectivity index (χ0) is 29.4. The number of morpholine rings is 1. The molecule has 218 valence electrons. The number of hydrogen-bond acceptors (Lipinski definition) is 8. The van der Waals surface area contributed by atoms with Crippen LogP contribution in [0.25, 0.3) is 6.08 Å². The largest absolute Gasteiger partial charge is 0.378 e. The molecule has 2 fully saturated rings. The van der Waals surface area contributed by atoms with Gasteiger partial charge >= 0.3 is 0 Å². The number of thiocarbonyl (C=S) groups is 1. The maximum Gasteiger partial charge on any atom is 0.293 e. The number of carbonyl (C=O) groups is 2. The van der Waals surface area contributed by atoms with Crippen molar-refractivity contribution in [3.8, 4) is 0 Å². The Hall–Kier alpha value is -4.03. The summed E-state index contributed by atoms with van der Waals surface area (Å²) >= 11 is 5.28. The van der Waals surface area contributed by atoms with Crippen LogP contribution in [0.2, 0.25) is 0 Å². The number of carbonyl (C=O) groups excluding carboxylic acids is 2. The molecular weight excluding hydrogens is 544 g/mol. The van der Waals surface area contributed by atoms with Crippen LogP contribution in [-0.4, -0.2) is 79.2 Å². The van der Waals surface area contributed by atoms with Crippen molar-refractivity contribution < 1.29 is 19.2 Å². The van der Waals surface area contributed by atoms with Gasteiger partial charge in [0.1, 0.15) is 5.69 Å². The molecule has 2 saturated heterocycles. The first-order valence-corrected chi connectivity index (χ1v) is 14.1. The Kier molecular flexibility index (Phi) is 10.3. The molecule has 0 saturated carbocycles. The van der Waals surface area contributed by atoms with Crippen LogP contribution in [0.5, 0.6) is 0 Å². The molecule has 0 aliphatic carbocycles. The Bertz CT molecular complexity index is 1290. The first kappa shape index (κ1) is 29.9. The lowest BCUT2D eigenvalue weighted by Gasteiger charge is -2.36. The summed E-state index contributed by atoms with van der Waals surface area (Å²) < 4.78 is 5.33. The van der Waals surface area contributed by atoms with E-state index in [1.54, 1.807) is 12.1 Å². The number of nitrogens with zero attached hydrogens (tertiary/aromatic N) is 4. The average molecular weight is 581 g/mol. The molecule has 0 aromatic heterocycles. The molecule has 4 rings (SSSR count). The molecule has 2 aromatic carbocycles. The van der Waals surface area contributed by atoms with Gasteiger partial charge in [0.15, 0.2) is 5.11 Å². The van der Waals surface area contributed by atoms with Crippen LogP contribution in [0.15, 0.2) is 48.5 Å². The minimum Gasteiger partial charge on any atom is -0.378 e. The standard InChI is InChI=1S/C29H36N6O5S/c1-21(2)19-28(37)34-13-11-32(12-14-34)24-7-5-23(6-8-24)30-29(41)31-27(36)10-4-22-3-9-25(26(20-22)35(38)39)33-15-17-40-18-16-33/h3-10,20-21H,11-19H2,1-2H3,(H2,30,31,36,41)/b10-4+. The van der Waals surface area contributed by atoms with Crippen molar-refractivity contribution in [3.63, 3.8) is 0 Å². The van der Waals surface area contributed by atoms with E-state index in [0.29, 0.717) is 63.0 Å². The smallest absolute Gasteiger partial charge is 0.293 e. The predicted molar refractivity (Wildman–Crippen MR) is 164 cm³/mol. The summed E-state index contributed by atoms with van der Waals surface area (Å²) in [7, 11) is 0. The fourth-order valence-corrected chi connectivity index (χ4v) is 5.02. The highest BCUT2D eigenvalue weighted by atomic mass is 32.1. The molecule has 0 atom stereocenters. The van der Waals surface area contributed by atoms with E-state index in [1.165, 1.54) is 18.2 Å². The number of ether oxygens (including phenoxy) is 1. The summed E-state index contributed by atoms with van der Waals surface area (Å²) in [5.74, 6) is 0.117. The monoisotopic (exact) mass is 580 g/mol. The molecule has 2 aliphatic heterocycles. The highest BCUT2D eigenvalue weighted by molar-refractivity contribution is 7.80. The fourth-order valence-electron chi connectivity index (χ4n) is 4.80. The van der Waals surface area contributed by atoms with E-state index in [-0.39, 0.29) is 16.7 Å². The summed E-state index contributed by atoms with van der Waals surface area (Å²) in [5.41, 5.74) is 2.83. The molecule has 0 unspecified atom stereocenters. The van der Waals surface area contributed by atoms with Crippen molar-refractivity contribution in [1.82, 2.24) is 10.2 Å². The SMILES string of the molecule is CC(C)CC(=O)N1CCN(c2ccc(NC(=S)NC(=O)/C=C/c3ccc(N4CCOCC4)c([N+](=O)[O-])c3)cc2)CC1. The third-order valence-corrected chi connectivity index (χ3v) is 7.12. The van der Waals surface area contributed by atoms with Gasteiger partial charge in [0.25, 0.3) is 5.69 Å². The normalized spacial score (nSPS) is 15.7. The van der Waals surface area contributed by atoms with E-state index >= 15 is 0 Å². The van der Waals surface area contributed by atoms with Crippen LogP contribution in [0.3, 0.4) is 0 Å². The van der Waals surface area contributed by atoms with E-state index in [0.717, 1.165) is 24.5 Å². The second-order valence-electron chi connectivity index (χ2n) is 10.4. The molecule has 0 bridgehead atoms. The van der Waals surface area contributed by atoms with Crippen molar-refractivity contribution in [2.75, 3.05) is 67.6 Å². The van der Waals surface area contributed by atoms with Crippen LogP contribution in [0.1, 0.15) is 25.8 Å². The third kappa shape index (κ3) is 8.48. The van der Waals surface area contributed by atoms with Crippen LogP contribution in [0.4, 0.5) is 22.7 Å². The lowest BCUT2D eigenvalue weighted by Crippen LogP contribution is -2.49. The zero-order valence-corrected chi connectivity index (χ0v) is 24.2. The first-order chi connectivity index (χ1) is 19.7. The van der Waals surface area contributed by atoms with Crippen molar-refractivity contribution in [2.45, 2.75) is 20.3 Å². The number of piperazine rings is 1. The van der Waals surface area contributed by atoms with Gasteiger partial charge in [-0.3, -0.25) is 25.0 Å². The Morgan fingerprint density at radius 2 is 1.71 bits per heavy atom. The van der Waals surface area contributed by atoms with Gasteiger partial charge in [0, 0.05) is 69.2 Å². The second-order valence-corrected chi connectivity index (χ2v) is 10.8. The Morgan fingerprint density at radius 3 is 2.34 bits per heavy atom. The molecule has 2 N–H and O–H groups in total. The zero-order valence-electron chi connectivity index (χ0n) is 23.4. The van der Waals surface area contributed by atoms with E-state index in [4.69, 9.17) is 17.0 Å². The number of nitro groups is 1. The number of benzene rings is 2. The fraction of sp³-hybridized carbons (Fsp3) is 0.414. The number of amides is 2. The molecular formula is C29H36N6O5S. The third-order valence-electron chi connectivity index (χ3n) is 6.92. The molecule has 2 aromatic rings. The summed E-state index contributed by atoms with van der Waals surface area (Å²) in [5, 5.41) is 17.4. The van der Waals surface area contributed by atoms with Gasteiger partial charge in [-0.05, 0) is 60.1 Å². The van der Waals surface area contributed by atoms with Gasteiger partial charge in [-0.2, -0.15) is 0 Å². The minimum absolute atomic E-state index is 0.0170. The summed E-state index contributed by atoms with van der Waals surface area (Å²) in [4.78, 5) is 42.1. The Balaban J connectivity index is 1.26. The molecule has 2 aliphatic rings. The Morgan fingerprint density at radius 1 is 1.02 bits per heavy atom. The number of anilines is 3. The summed E-state index contributed by atoms with van der Waals surface area (Å²) in [6, 6.07) is 12.6. The average Bonchev–Trinajstić information content (AvgIpc) is 2.96. The summed E-state index contributed by atoms with van der Waals surface area (Å²) in [6.45, 7) is 9.30. The lowest BCUT2D eigenvalue weighted by molar-refractivity contribution is -0.384. The summed E-state index contributed by atoms with van der Waals surface area (Å²) in [6.07, 6.45) is 3.38. The quantitative estimate of drug-likeness (QED) is 0.209. The van der Waals surface area contributed by atoms with Gasteiger partial charge in [-0.15, -0.1) is 0 Å². The van der Waals surface area contributed by atoms with Crippen LogP contribution in [-0.2, 0) is 14.3 Å². The van der Waals surface area contributed by atoms with Crippen molar-refractivity contribution >= 4 is 58.0 Å². The molecule has 11 nitrogen and oxygen atoms in total. The highest BCUT2D eigenvalue weighted by Gasteiger charge is 2.23. The van der Waals surface area contributed by atoms with Crippen LogP contribution >= 0.6 is 12.2 Å². The van der Waals surface area contributed by atoms with Crippen molar-refractivity contribution in [3.05, 3.63) is 64.2 Å². The van der Waals surface area contributed by atoms with Gasteiger partial charge in [-0.25, -0.2) is 0 Å². The van der Waals surface area contributed by atoms with Gasteiger partial charge in [0.05, 0.1) is 18.1 Å². The van der Waals surface area contributed by atoms with E-state index in [2.05, 4.69) is 29.4 Å². The van der Waals surface area contributed by atoms with Gasteiger partial charge in [0.2, 0.25) is 11.8 Å². The van der Waals surface area contributed by atoms with Crippen LogP contribution in [0, 0.1) is 16.0 Å². The molecule has 0 radical (unpaired) electrons. The molecule has 2 amide bonds. The van der Waals surface area contributed by atoms with E-state index in [9.17, 15) is 19.7 Å². The maximum atomic E-state index is 12.4. The first-order valence-electron chi connectivity index (χ1n) is 13.7. The molecule has 0 spiro atoms. The number of nitro benzene ring substituents is 1. The van der Waals surface area contributed by atoms with Crippen molar-refractivity contribution in [2.24, 2.45) is 5.92 Å². The maximum absolute atomic E-state index is 12.4. The molecule has 41 heavy (non-hydrogen) atoms. The van der Waals surface area contributed by atoms with Gasteiger partial charge in [-0.1, -0.05) is 19.9 Å². The van der Waals surface area contributed by atoms with Gasteiger partial charge < -0.3 is 24.8 Å². The van der Waals surface area contributed by atoms with Crippen molar-refractivity contribution in [1.29, 1.82) is 0 Å². The topological polar surface area (TPSA) is 120 Å².